The van der Waals surface area contributed by atoms with Crippen LogP contribution in [0.3, 0.4) is 0 Å². The highest BCUT2D eigenvalue weighted by atomic mass is 32.2. The maximum atomic E-state index is 10.6. The first-order valence-corrected chi connectivity index (χ1v) is 7.16. The molecule has 0 aliphatic heterocycles. The van der Waals surface area contributed by atoms with Gasteiger partial charge >= 0.3 is 0 Å². The molecular weight excluding hydrogens is 276 g/mol. The van der Waals surface area contributed by atoms with Crippen LogP contribution in [0.2, 0.25) is 0 Å². The number of aliphatic imine (C=N–C) groups is 2. The molecule has 0 heterocycles. The van der Waals surface area contributed by atoms with Crippen molar-refractivity contribution in [3.8, 4) is 0 Å². The zero-order valence-corrected chi connectivity index (χ0v) is 13.2. The van der Waals surface area contributed by atoms with E-state index in [0.717, 1.165) is 0 Å². The fourth-order valence-electron chi connectivity index (χ4n) is 1.45. The molecule has 0 aromatic rings. The molecule has 0 aromatic carbocycles. The molecule has 0 unspecified atom stereocenters. The predicted octanol–water partition coefficient (Wildman–Crippen LogP) is 2.57. The SMILES string of the molecule is C=N\C(=N/C(OC)=C(CO)/C(=C\C=O)CC)SC(C)C. The van der Waals surface area contributed by atoms with E-state index in [1.807, 2.05) is 20.8 Å². The first-order chi connectivity index (χ1) is 9.53. The van der Waals surface area contributed by atoms with Gasteiger partial charge in [0.2, 0.25) is 5.88 Å². The summed E-state index contributed by atoms with van der Waals surface area (Å²) in [7, 11) is 1.46. The molecule has 0 rings (SSSR count). The predicted molar refractivity (Wildman–Crippen MR) is 85.3 cm³/mol. The summed E-state index contributed by atoms with van der Waals surface area (Å²) in [5.41, 5.74) is 1.16. The molecule has 0 fully saturated rings. The number of carbonyl (C=O) groups excluding carboxylic acids is 1. The molecule has 0 aliphatic rings. The fraction of sp³-hybridized carbons (Fsp3) is 0.500. The first kappa shape index (κ1) is 18.6. The molecule has 5 nitrogen and oxygen atoms in total. The van der Waals surface area contributed by atoms with Gasteiger partial charge in [-0.2, -0.15) is 4.99 Å². The van der Waals surface area contributed by atoms with Gasteiger partial charge in [-0.15, -0.1) is 0 Å². The van der Waals surface area contributed by atoms with Crippen molar-refractivity contribution in [1.29, 1.82) is 0 Å². The van der Waals surface area contributed by atoms with Crippen molar-refractivity contribution in [1.82, 2.24) is 0 Å². The summed E-state index contributed by atoms with van der Waals surface area (Å²) >= 11 is 1.44. The first-order valence-electron chi connectivity index (χ1n) is 6.28. The normalized spacial score (nSPS) is 14.1. The van der Waals surface area contributed by atoms with E-state index in [2.05, 4.69) is 16.7 Å². The summed E-state index contributed by atoms with van der Waals surface area (Å²) in [5, 5.41) is 10.3. The summed E-state index contributed by atoms with van der Waals surface area (Å²) in [5.74, 6) is 0.248. The molecule has 112 valence electrons. The molecule has 0 amide bonds. The van der Waals surface area contributed by atoms with E-state index in [1.165, 1.54) is 24.9 Å². The number of amidine groups is 1. The van der Waals surface area contributed by atoms with E-state index in [9.17, 15) is 9.90 Å². The zero-order chi connectivity index (χ0) is 15.5. The number of methoxy groups -OCH3 is 1. The van der Waals surface area contributed by atoms with Crippen LogP contribution in [0, 0.1) is 0 Å². The minimum Gasteiger partial charge on any atom is -0.481 e. The van der Waals surface area contributed by atoms with E-state index in [4.69, 9.17) is 4.74 Å². The summed E-state index contributed by atoms with van der Waals surface area (Å²) < 4.78 is 5.22. The quantitative estimate of drug-likeness (QED) is 0.196. The maximum absolute atomic E-state index is 10.6. The number of nitrogens with zero attached hydrogens (tertiary/aromatic N) is 2. The van der Waals surface area contributed by atoms with Crippen LogP contribution in [0.25, 0.3) is 0 Å². The van der Waals surface area contributed by atoms with Crippen LogP contribution in [0.15, 0.2) is 33.1 Å². The lowest BCUT2D eigenvalue weighted by molar-refractivity contribution is -0.104. The number of carbonyl (C=O) groups is 1. The molecule has 0 aromatic heterocycles. The van der Waals surface area contributed by atoms with Crippen molar-refractivity contribution >= 4 is 29.9 Å². The van der Waals surface area contributed by atoms with Crippen molar-refractivity contribution in [3.63, 3.8) is 0 Å². The second-order valence-electron chi connectivity index (χ2n) is 4.05. The summed E-state index contributed by atoms with van der Waals surface area (Å²) in [6.07, 6.45) is 2.67. The minimum atomic E-state index is -0.267. The average molecular weight is 298 g/mol. The molecule has 0 saturated heterocycles. The van der Waals surface area contributed by atoms with Gasteiger partial charge in [0.05, 0.1) is 13.7 Å². The van der Waals surface area contributed by atoms with Gasteiger partial charge in [0.15, 0.2) is 5.17 Å². The monoisotopic (exact) mass is 298 g/mol. The number of ether oxygens (including phenoxy) is 1. The molecule has 20 heavy (non-hydrogen) atoms. The Morgan fingerprint density at radius 3 is 2.50 bits per heavy atom. The topological polar surface area (TPSA) is 71.2 Å². The number of hydrogen-bond donors (Lipinski definition) is 1. The minimum absolute atomic E-state index is 0.248. The van der Waals surface area contributed by atoms with Gasteiger partial charge in [0.25, 0.3) is 0 Å². The lowest BCUT2D eigenvalue weighted by Crippen LogP contribution is -2.04. The van der Waals surface area contributed by atoms with E-state index < -0.39 is 0 Å². The van der Waals surface area contributed by atoms with Crippen molar-refractivity contribution in [2.24, 2.45) is 9.98 Å². The lowest BCUT2D eigenvalue weighted by Gasteiger charge is -2.12. The van der Waals surface area contributed by atoms with Crippen LogP contribution < -0.4 is 0 Å². The molecular formula is C14H22N2O3S. The van der Waals surface area contributed by atoms with Crippen LogP contribution in [-0.2, 0) is 9.53 Å². The largest absolute Gasteiger partial charge is 0.481 e. The van der Waals surface area contributed by atoms with E-state index in [-0.39, 0.29) is 12.5 Å². The highest BCUT2D eigenvalue weighted by molar-refractivity contribution is 8.14. The number of thioether (sulfide) groups is 1. The third-order valence-electron chi connectivity index (χ3n) is 2.32. The molecule has 1 N–H and O–H groups in total. The van der Waals surface area contributed by atoms with Crippen LogP contribution in [0.5, 0.6) is 0 Å². The van der Waals surface area contributed by atoms with Crippen LogP contribution in [0.1, 0.15) is 27.2 Å². The fourth-order valence-corrected chi connectivity index (χ4v) is 2.09. The third-order valence-corrected chi connectivity index (χ3v) is 3.22. The Morgan fingerprint density at radius 2 is 2.15 bits per heavy atom. The Morgan fingerprint density at radius 1 is 1.50 bits per heavy atom. The number of hydrogen-bond acceptors (Lipinski definition) is 5. The van der Waals surface area contributed by atoms with Crippen molar-refractivity contribution in [2.75, 3.05) is 13.7 Å². The Bertz CT molecular complexity index is 426. The second-order valence-corrected chi connectivity index (χ2v) is 5.59. The smallest absolute Gasteiger partial charge is 0.221 e. The zero-order valence-electron chi connectivity index (χ0n) is 12.4. The molecule has 0 radical (unpaired) electrons. The Balaban J connectivity index is 5.71. The van der Waals surface area contributed by atoms with E-state index >= 15 is 0 Å². The highest BCUT2D eigenvalue weighted by Crippen LogP contribution is 2.21. The maximum Gasteiger partial charge on any atom is 0.221 e. The van der Waals surface area contributed by atoms with Gasteiger partial charge in [0.1, 0.15) is 6.29 Å². The van der Waals surface area contributed by atoms with Crippen molar-refractivity contribution in [3.05, 3.63) is 23.1 Å². The number of allylic oxidation sites excluding steroid dienone is 1. The molecule has 0 spiro atoms. The standard InChI is InChI=1S/C14H22N2O3S/c1-6-11(7-8-17)12(9-18)13(19-5)16-14(15-4)20-10(2)3/h7-8,10,18H,4,6,9H2,1-3,5H3/b11-7-,13-12-,16-14+. The van der Waals surface area contributed by atoms with Crippen LogP contribution in [-0.4, -0.2) is 42.2 Å². The Kier molecular flexibility index (Phi) is 9.67. The molecule has 0 saturated carbocycles. The number of aliphatic hydroxyl groups is 1. The number of aliphatic hydroxyl groups excluding tert-OH is 1. The summed E-state index contributed by atoms with van der Waals surface area (Å²) in [6, 6.07) is 0. The van der Waals surface area contributed by atoms with Gasteiger partial charge in [0, 0.05) is 10.8 Å². The molecule has 0 bridgehead atoms. The van der Waals surface area contributed by atoms with Crippen molar-refractivity contribution in [2.45, 2.75) is 32.4 Å². The highest BCUT2D eigenvalue weighted by Gasteiger charge is 2.12. The van der Waals surface area contributed by atoms with Gasteiger partial charge in [-0.3, -0.25) is 4.79 Å². The van der Waals surface area contributed by atoms with Crippen LogP contribution in [0.4, 0.5) is 0 Å². The Hall–Kier alpha value is -1.40. The van der Waals surface area contributed by atoms with Crippen LogP contribution >= 0.6 is 11.8 Å². The summed E-state index contributed by atoms with van der Waals surface area (Å²) in [6.45, 7) is 9.12. The summed E-state index contributed by atoms with van der Waals surface area (Å²) in [4.78, 5) is 18.7. The number of aldehydes is 1. The lowest BCUT2D eigenvalue weighted by atomic mass is 10.0. The van der Waals surface area contributed by atoms with Gasteiger partial charge in [-0.05, 0) is 24.8 Å². The van der Waals surface area contributed by atoms with E-state index in [0.29, 0.717) is 34.3 Å². The molecule has 0 atom stereocenters. The average Bonchev–Trinajstić information content (AvgIpc) is 2.43. The molecule has 6 heteroatoms. The number of rotatable bonds is 7. The molecule has 0 aliphatic carbocycles. The van der Waals surface area contributed by atoms with Gasteiger partial charge < -0.3 is 9.84 Å². The Labute approximate surface area is 124 Å². The van der Waals surface area contributed by atoms with Crippen molar-refractivity contribution < 1.29 is 14.6 Å². The second kappa shape index (κ2) is 10.4. The van der Waals surface area contributed by atoms with Gasteiger partial charge in [-0.1, -0.05) is 32.5 Å². The third kappa shape index (κ3) is 6.16. The van der Waals surface area contributed by atoms with Gasteiger partial charge in [-0.25, -0.2) is 4.99 Å². The van der Waals surface area contributed by atoms with E-state index in [1.54, 1.807) is 0 Å².